The molecule has 3 nitrogen and oxygen atoms in total. The Balaban J connectivity index is 2.22. The quantitative estimate of drug-likeness (QED) is 0.836. The minimum Gasteiger partial charge on any atom is -0.506 e. The van der Waals surface area contributed by atoms with Crippen molar-refractivity contribution in [3.8, 4) is 5.75 Å². The van der Waals surface area contributed by atoms with Gasteiger partial charge in [0.25, 0.3) is 5.91 Å². The van der Waals surface area contributed by atoms with E-state index < -0.39 is 0 Å². The van der Waals surface area contributed by atoms with Gasteiger partial charge in [-0.3, -0.25) is 4.79 Å². The number of amides is 1. The van der Waals surface area contributed by atoms with Gasteiger partial charge in [-0.2, -0.15) is 0 Å². The van der Waals surface area contributed by atoms with Crippen LogP contribution in [0.2, 0.25) is 5.02 Å². The van der Waals surface area contributed by atoms with Crippen molar-refractivity contribution in [1.82, 2.24) is 4.90 Å². The number of hydrogen-bond acceptors (Lipinski definition) is 2. The lowest BCUT2D eigenvalue weighted by atomic mass is 10.1. The van der Waals surface area contributed by atoms with E-state index in [1.54, 1.807) is 6.07 Å². The zero-order valence-corrected chi connectivity index (χ0v) is 10.7. The van der Waals surface area contributed by atoms with Gasteiger partial charge >= 0.3 is 0 Å². The fraction of sp³-hybridized carbons (Fsp3) is 0.462. The van der Waals surface area contributed by atoms with E-state index in [-0.39, 0.29) is 22.7 Å². The summed E-state index contributed by atoms with van der Waals surface area (Å²) in [5, 5.41) is 9.55. The maximum atomic E-state index is 12.3. The first-order valence-corrected chi connectivity index (χ1v) is 6.16. The summed E-state index contributed by atoms with van der Waals surface area (Å²) in [5.74, 6) is 0.538. The molecule has 1 saturated heterocycles. The number of hydrogen-bond donors (Lipinski definition) is 1. The van der Waals surface area contributed by atoms with Crippen molar-refractivity contribution in [2.75, 3.05) is 6.54 Å². The third-order valence-electron chi connectivity index (χ3n) is 3.24. The summed E-state index contributed by atoms with van der Waals surface area (Å²) >= 11 is 5.81. The molecule has 1 fully saturated rings. The van der Waals surface area contributed by atoms with E-state index in [1.165, 1.54) is 12.1 Å². The van der Waals surface area contributed by atoms with Crippen molar-refractivity contribution < 1.29 is 9.90 Å². The van der Waals surface area contributed by atoms with E-state index in [4.69, 9.17) is 11.6 Å². The molecule has 17 heavy (non-hydrogen) atoms. The third-order valence-corrected chi connectivity index (χ3v) is 3.54. The van der Waals surface area contributed by atoms with Crippen LogP contribution in [-0.2, 0) is 0 Å². The molecule has 92 valence electrons. The first kappa shape index (κ1) is 12.2. The lowest BCUT2D eigenvalue weighted by molar-refractivity contribution is 0.0744. The molecular formula is C13H16ClNO2. The fourth-order valence-corrected chi connectivity index (χ4v) is 2.57. The minimum atomic E-state index is -0.0104. The molecule has 1 N–H and O–H groups in total. The number of carbonyl (C=O) groups is 1. The molecule has 1 heterocycles. The summed E-state index contributed by atoms with van der Waals surface area (Å²) < 4.78 is 0. The second kappa shape index (κ2) is 4.57. The van der Waals surface area contributed by atoms with Gasteiger partial charge in [-0.25, -0.2) is 0 Å². The van der Waals surface area contributed by atoms with Crippen LogP contribution in [0.3, 0.4) is 0 Å². The lowest BCUT2D eigenvalue weighted by Crippen LogP contribution is -2.33. The van der Waals surface area contributed by atoms with Gasteiger partial charge in [0.2, 0.25) is 0 Å². The molecule has 1 aromatic rings. The van der Waals surface area contributed by atoms with Crippen LogP contribution in [0.4, 0.5) is 0 Å². The number of benzene rings is 1. The largest absolute Gasteiger partial charge is 0.506 e. The number of halogens is 1. The Hall–Kier alpha value is -1.22. The second-order valence-corrected chi connectivity index (χ2v) is 5.22. The van der Waals surface area contributed by atoms with E-state index in [1.807, 2.05) is 4.90 Å². The summed E-state index contributed by atoms with van der Waals surface area (Å²) in [7, 11) is 0. The number of nitrogens with zero attached hydrogens (tertiary/aromatic N) is 1. The van der Waals surface area contributed by atoms with E-state index in [9.17, 15) is 9.90 Å². The van der Waals surface area contributed by atoms with Crippen LogP contribution in [0, 0.1) is 5.92 Å². The summed E-state index contributed by atoms with van der Waals surface area (Å²) in [6, 6.07) is 4.86. The number of rotatable bonds is 1. The predicted molar refractivity (Wildman–Crippen MR) is 67.4 cm³/mol. The molecule has 0 saturated carbocycles. The molecule has 1 aliphatic heterocycles. The van der Waals surface area contributed by atoms with Crippen molar-refractivity contribution in [2.45, 2.75) is 26.3 Å². The second-order valence-electron chi connectivity index (χ2n) is 4.81. The highest BCUT2D eigenvalue weighted by Crippen LogP contribution is 2.27. The summed E-state index contributed by atoms with van der Waals surface area (Å²) in [6.07, 6.45) is 1.04. The first-order valence-electron chi connectivity index (χ1n) is 5.78. The van der Waals surface area contributed by atoms with Crippen molar-refractivity contribution in [2.24, 2.45) is 5.92 Å². The third kappa shape index (κ3) is 2.39. The molecule has 0 spiro atoms. The lowest BCUT2D eigenvalue weighted by Gasteiger charge is -2.21. The topological polar surface area (TPSA) is 40.5 Å². The Morgan fingerprint density at radius 2 is 2.18 bits per heavy atom. The van der Waals surface area contributed by atoms with Crippen molar-refractivity contribution >= 4 is 17.5 Å². The normalized spacial score (nSPS) is 24.1. The number of phenols is 1. The summed E-state index contributed by atoms with van der Waals surface area (Å²) in [6.45, 7) is 5.00. The summed E-state index contributed by atoms with van der Waals surface area (Å²) in [4.78, 5) is 14.1. The molecular weight excluding hydrogens is 238 g/mol. The molecule has 0 aliphatic carbocycles. The highest BCUT2D eigenvalue weighted by atomic mass is 35.5. The van der Waals surface area contributed by atoms with Gasteiger partial charge in [0.1, 0.15) is 5.75 Å². The number of aromatic hydroxyl groups is 1. The van der Waals surface area contributed by atoms with Crippen molar-refractivity contribution in [3.05, 3.63) is 28.8 Å². The van der Waals surface area contributed by atoms with Crippen LogP contribution < -0.4 is 0 Å². The maximum absolute atomic E-state index is 12.3. The van der Waals surface area contributed by atoms with Crippen molar-refractivity contribution in [1.29, 1.82) is 0 Å². The smallest absolute Gasteiger partial charge is 0.254 e. The van der Waals surface area contributed by atoms with E-state index >= 15 is 0 Å². The van der Waals surface area contributed by atoms with E-state index in [0.717, 1.165) is 13.0 Å². The van der Waals surface area contributed by atoms with Gasteiger partial charge in [0.15, 0.2) is 0 Å². The van der Waals surface area contributed by atoms with Crippen LogP contribution in [0.5, 0.6) is 5.75 Å². The maximum Gasteiger partial charge on any atom is 0.254 e. The van der Waals surface area contributed by atoms with E-state index in [2.05, 4.69) is 13.8 Å². The molecule has 1 amide bonds. The van der Waals surface area contributed by atoms with Gasteiger partial charge in [0, 0.05) is 18.2 Å². The minimum absolute atomic E-state index is 0.00561. The average Bonchev–Trinajstić information content (AvgIpc) is 2.61. The van der Waals surface area contributed by atoms with E-state index in [0.29, 0.717) is 11.5 Å². The number of likely N-dealkylation sites (tertiary alicyclic amines) is 1. The fourth-order valence-electron chi connectivity index (χ4n) is 2.39. The molecule has 0 bridgehead atoms. The average molecular weight is 254 g/mol. The van der Waals surface area contributed by atoms with Gasteiger partial charge in [0.05, 0.1) is 5.02 Å². The Kier molecular flexibility index (Phi) is 3.29. The molecule has 1 aliphatic rings. The Morgan fingerprint density at radius 1 is 1.47 bits per heavy atom. The summed E-state index contributed by atoms with van der Waals surface area (Å²) in [5.41, 5.74) is 0.536. The van der Waals surface area contributed by atoms with Crippen LogP contribution in [0.15, 0.2) is 18.2 Å². The van der Waals surface area contributed by atoms with Gasteiger partial charge in [-0.1, -0.05) is 18.5 Å². The van der Waals surface area contributed by atoms with Crippen LogP contribution in [0.25, 0.3) is 0 Å². The molecule has 1 aromatic carbocycles. The van der Waals surface area contributed by atoms with Crippen molar-refractivity contribution in [3.63, 3.8) is 0 Å². The van der Waals surface area contributed by atoms with Crippen LogP contribution in [0.1, 0.15) is 30.6 Å². The highest BCUT2D eigenvalue weighted by Gasteiger charge is 2.30. The monoisotopic (exact) mass is 253 g/mol. The zero-order valence-electron chi connectivity index (χ0n) is 9.98. The number of phenolic OH excluding ortho intramolecular Hbond substituents is 1. The predicted octanol–water partition coefficient (Wildman–Crippen LogP) is 2.92. The zero-order chi connectivity index (χ0) is 12.6. The molecule has 0 aromatic heterocycles. The Bertz CT molecular complexity index is 447. The van der Waals surface area contributed by atoms with Crippen LogP contribution in [-0.4, -0.2) is 28.5 Å². The Morgan fingerprint density at radius 3 is 2.71 bits per heavy atom. The standard InChI is InChI=1S/C13H16ClNO2/c1-8-5-9(2)15(7-8)13(17)10-3-4-12(16)11(14)6-10/h3-4,6,8-9,16H,5,7H2,1-2H3. The van der Waals surface area contributed by atoms with Gasteiger partial charge < -0.3 is 10.0 Å². The molecule has 2 atom stereocenters. The van der Waals surface area contributed by atoms with Crippen LogP contribution >= 0.6 is 11.6 Å². The first-order chi connectivity index (χ1) is 7.99. The SMILES string of the molecule is CC1CC(C)N(C(=O)c2ccc(O)c(Cl)c2)C1. The molecule has 4 heteroatoms. The highest BCUT2D eigenvalue weighted by molar-refractivity contribution is 6.32. The van der Waals surface area contributed by atoms with Gasteiger partial charge in [-0.05, 0) is 37.5 Å². The number of carbonyl (C=O) groups excluding carboxylic acids is 1. The molecule has 2 rings (SSSR count). The molecule has 0 radical (unpaired) electrons. The van der Waals surface area contributed by atoms with Gasteiger partial charge in [-0.15, -0.1) is 0 Å². The molecule has 2 unspecified atom stereocenters. The Labute approximate surface area is 106 Å².